The number of hydrogen-bond acceptors (Lipinski definition) is 4. The summed E-state index contributed by atoms with van der Waals surface area (Å²) < 4.78 is 12.4. The Kier molecular flexibility index (Phi) is 8.07. The maximum absolute atomic E-state index is 12.6. The van der Waals surface area contributed by atoms with Crippen molar-refractivity contribution in [2.24, 2.45) is 0 Å². The van der Waals surface area contributed by atoms with Crippen LogP contribution in [0, 0.1) is 18.3 Å². The van der Waals surface area contributed by atoms with E-state index >= 15 is 0 Å². The monoisotopic (exact) mass is 490 g/mol. The van der Waals surface area contributed by atoms with Crippen LogP contribution >= 0.6 is 15.9 Å². The van der Waals surface area contributed by atoms with Gasteiger partial charge in [-0.25, -0.2) is 0 Å². The van der Waals surface area contributed by atoms with Gasteiger partial charge in [-0.1, -0.05) is 64.0 Å². The molecule has 32 heavy (non-hydrogen) atoms. The largest absolute Gasteiger partial charge is 0.490 e. The lowest BCUT2D eigenvalue weighted by atomic mass is 10.1. The van der Waals surface area contributed by atoms with E-state index in [2.05, 4.69) is 27.3 Å². The van der Waals surface area contributed by atoms with E-state index in [1.807, 2.05) is 56.3 Å². The molecule has 0 bridgehead atoms. The van der Waals surface area contributed by atoms with E-state index in [1.54, 1.807) is 24.3 Å². The highest BCUT2D eigenvalue weighted by atomic mass is 79.9. The molecule has 5 nitrogen and oxygen atoms in total. The molecule has 0 spiro atoms. The van der Waals surface area contributed by atoms with Crippen molar-refractivity contribution in [3.63, 3.8) is 0 Å². The summed E-state index contributed by atoms with van der Waals surface area (Å²) in [6.07, 6.45) is 1.52. The predicted molar refractivity (Wildman–Crippen MR) is 129 cm³/mol. The normalized spacial score (nSPS) is 10.9. The van der Waals surface area contributed by atoms with E-state index in [1.165, 1.54) is 6.08 Å². The summed E-state index contributed by atoms with van der Waals surface area (Å²) in [6.45, 7) is 4.76. The summed E-state index contributed by atoms with van der Waals surface area (Å²) in [7, 11) is 0. The Hall–Kier alpha value is -3.56. The van der Waals surface area contributed by atoms with Gasteiger partial charge in [0.15, 0.2) is 11.5 Å². The summed E-state index contributed by atoms with van der Waals surface area (Å²) in [5.41, 5.74) is 3.45. The number of halogens is 1. The van der Waals surface area contributed by atoms with Gasteiger partial charge in [0.05, 0.1) is 6.61 Å². The van der Waals surface area contributed by atoms with Crippen molar-refractivity contribution in [3.05, 3.63) is 93.5 Å². The molecule has 0 radical (unpaired) electrons. The number of nitriles is 1. The fraction of sp³-hybridized carbons (Fsp3) is 0.154. The Bertz CT molecular complexity index is 1170. The van der Waals surface area contributed by atoms with Crippen LogP contribution in [0.15, 0.2) is 76.8 Å². The zero-order valence-corrected chi connectivity index (χ0v) is 19.5. The topological polar surface area (TPSA) is 71.3 Å². The Morgan fingerprint density at radius 1 is 1.06 bits per heavy atom. The second-order valence-corrected chi connectivity index (χ2v) is 7.88. The quantitative estimate of drug-likeness (QED) is 0.297. The van der Waals surface area contributed by atoms with Gasteiger partial charge in [0.1, 0.15) is 18.2 Å². The number of amides is 1. The highest BCUT2D eigenvalue weighted by Gasteiger charge is 2.14. The molecule has 0 aliphatic carbocycles. The number of nitrogens with one attached hydrogen (secondary N) is 1. The minimum atomic E-state index is -0.483. The predicted octanol–water partition coefficient (Wildman–Crippen LogP) is 6.28. The van der Waals surface area contributed by atoms with E-state index < -0.39 is 5.91 Å². The zero-order valence-electron chi connectivity index (χ0n) is 17.9. The summed E-state index contributed by atoms with van der Waals surface area (Å²) >= 11 is 3.52. The molecular weight excluding hydrogens is 468 g/mol. The molecule has 0 fully saturated rings. The van der Waals surface area contributed by atoms with Crippen molar-refractivity contribution in [1.82, 2.24) is 0 Å². The maximum atomic E-state index is 12.6. The number of carbonyl (C=O) groups excluding carboxylic acids is 1. The molecule has 3 aromatic rings. The third-order valence-corrected chi connectivity index (χ3v) is 5.22. The van der Waals surface area contributed by atoms with E-state index in [4.69, 9.17) is 9.47 Å². The molecule has 0 aliphatic rings. The number of rotatable bonds is 8. The second-order valence-electron chi connectivity index (χ2n) is 7.02. The summed E-state index contributed by atoms with van der Waals surface area (Å²) in [5.74, 6) is 0.628. The van der Waals surface area contributed by atoms with Crippen molar-refractivity contribution < 1.29 is 14.3 Å². The molecule has 6 heteroatoms. The van der Waals surface area contributed by atoms with Crippen molar-refractivity contribution in [3.8, 4) is 17.6 Å². The number of ether oxygens (including phenoxy) is 2. The fourth-order valence-electron chi connectivity index (χ4n) is 3.03. The minimum absolute atomic E-state index is 0.0227. The number of hydrogen-bond donors (Lipinski definition) is 1. The Morgan fingerprint density at radius 3 is 2.50 bits per heavy atom. The Balaban J connectivity index is 1.85. The number of carbonyl (C=O) groups is 1. The van der Waals surface area contributed by atoms with Crippen LogP contribution in [0.3, 0.4) is 0 Å². The summed E-state index contributed by atoms with van der Waals surface area (Å²) in [6, 6.07) is 22.6. The molecule has 0 heterocycles. The first-order valence-corrected chi connectivity index (χ1v) is 10.9. The van der Waals surface area contributed by atoms with Gasteiger partial charge in [-0.3, -0.25) is 4.79 Å². The lowest BCUT2D eigenvalue weighted by Gasteiger charge is -2.14. The summed E-state index contributed by atoms with van der Waals surface area (Å²) in [4.78, 5) is 12.6. The lowest BCUT2D eigenvalue weighted by molar-refractivity contribution is -0.112. The molecule has 0 aliphatic heterocycles. The van der Waals surface area contributed by atoms with Crippen molar-refractivity contribution in [2.75, 3.05) is 11.9 Å². The SMILES string of the molecule is CCOc1cc(/C=C(\C#N)C(=O)Nc2ccccc2)c(Br)cc1OCc1cccc(C)c1. The maximum Gasteiger partial charge on any atom is 0.266 e. The molecular formula is C26H23BrN2O3. The van der Waals surface area contributed by atoms with Gasteiger partial charge in [0.2, 0.25) is 0 Å². The van der Waals surface area contributed by atoms with E-state index in [0.29, 0.717) is 40.4 Å². The second kappa shape index (κ2) is 11.2. The number of nitrogens with zero attached hydrogens (tertiary/aromatic N) is 1. The zero-order chi connectivity index (χ0) is 22.9. The van der Waals surface area contributed by atoms with Crippen molar-refractivity contribution in [1.29, 1.82) is 5.26 Å². The Labute approximate surface area is 196 Å². The first-order chi connectivity index (χ1) is 15.5. The number of benzene rings is 3. The van der Waals surface area contributed by atoms with E-state index in [9.17, 15) is 10.1 Å². The van der Waals surface area contributed by atoms with Gasteiger partial charge < -0.3 is 14.8 Å². The van der Waals surface area contributed by atoms with Crippen LogP contribution in [0.5, 0.6) is 11.5 Å². The number of anilines is 1. The van der Waals surface area contributed by atoms with Crippen LogP contribution in [0.2, 0.25) is 0 Å². The number of aryl methyl sites for hydroxylation is 1. The average molecular weight is 491 g/mol. The smallest absolute Gasteiger partial charge is 0.266 e. The lowest BCUT2D eigenvalue weighted by Crippen LogP contribution is -2.13. The van der Waals surface area contributed by atoms with Crippen LogP contribution in [0.25, 0.3) is 6.08 Å². The van der Waals surface area contributed by atoms with Crippen LogP contribution in [0.1, 0.15) is 23.6 Å². The van der Waals surface area contributed by atoms with E-state index in [0.717, 1.165) is 11.1 Å². The van der Waals surface area contributed by atoms with Crippen LogP contribution < -0.4 is 14.8 Å². The third-order valence-electron chi connectivity index (χ3n) is 4.54. The first-order valence-electron chi connectivity index (χ1n) is 10.1. The molecule has 1 amide bonds. The van der Waals surface area contributed by atoms with Gasteiger partial charge in [0.25, 0.3) is 5.91 Å². The van der Waals surface area contributed by atoms with Gasteiger partial charge in [-0.15, -0.1) is 0 Å². The molecule has 0 saturated carbocycles. The first kappa shape index (κ1) is 23.1. The molecule has 1 N–H and O–H groups in total. The van der Waals surface area contributed by atoms with Crippen LogP contribution in [0.4, 0.5) is 5.69 Å². The molecule has 0 unspecified atom stereocenters. The van der Waals surface area contributed by atoms with Gasteiger partial charge in [-0.05, 0) is 55.3 Å². The highest BCUT2D eigenvalue weighted by Crippen LogP contribution is 2.35. The molecule has 0 aromatic heterocycles. The Morgan fingerprint density at radius 2 is 1.81 bits per heavy atom. The van der Waals surface area contributed by atoms with Crippen molar-refractivity contribution >= 4 is 33.6 Å². The molecule has 3 rings (SSSR count). The van der Waals surface area contributed by atoms with Crippen LogP contribution in [-0.2, 0) is 11.4 Å². The molecule has 3 aromatic carbocycles. The minimum Gasteiger partial charge on any atom is -0.490 e. The average Bonchev–Trinajstić information content (AvgIpc) is 2.79. The van der Waals surface area contributed by atoms with Crippen LogP contribution in [-0.4, -0.2) is 12.5 Å². The molecule has 0 atom stereocenters. The molecule has 162 valence electrons. The standard InChI is InChI=1S/C26H23BrN2O3/c1-3-31-24-14-20(13-21(16-28)26(30)29-22-10-5-4-6-11-22)23(27)15-25(24)32-17-19-9-7-8-18(2)12-19/h4-15H,3,17H2,1-2H3,(H,29,30)/b21-13+. The van der Waals surface area contributed by atoms with Crippen molar-refractivity contribution in [2.45, 2.75) is 20.5 Å². The van der Waals surface area contributed by atoms with Gasteiger partial charge in [-0.2, -0.15) is 5.26 Å². The number of para-hydroxylation sites is 1. The molecule has 0 saturated heterocycles. The van der Waals surface area contributed by atoms with Gasteiger partial charge in [0, 0.05) is 10.2 Å². The highest BCUT2D eigenvalue weighted by molar-refractivity contribution is 9.10. The third kappa shape index (κ3) is 6.22. The summed E-state index contributed by atoms with van der Waals surface area (Å²) in [5, 5.41) is 12.3. The fourth-order valence-corrected chi connectivity index (χ4v) is 3.47. The van der Waals surface area contributed by atoms with Gasteiger partial charge >= 0.3 is 0 Å². The van der Waals surface area contributed by atoms with E-state index in [-0.39, 0.29) is 5.57 Å².